The van der Waals surface area contributed by atoms with Gasteiger partial charge in [-0.05, 0) is 0 Å². The number of aliphatic hydroxyl groups is 1. The Morgan fingerprint density at radius 1 is 1.13 bits per heavy atom. The zero-order valence-electron chi connectivity index (χ0n) is 12.2. The smallest absolute Gasteiger partial charge is 0.234 e. The Morgan fingerprint density at radius 2 is 2.00 bits per heavy atom. The number of aliphatic hydroxyl groups excluding tert-OH is 1. The zero-order chi connectivity index (χ0) is 15.9. The molecule has 0 amide bonds. The molecule has 0 atom stereocenters. The highest BCUT2D eigenvalue weighted by Gasteiger charge is 2.07. The highest BCUT2D eigenvalue weighted by atomic mass is 32.1. The fourth-order valence-corrected chi connectivity index (χ4v) is 2.63. The van der Waals surface area contributed by atoms with E-state index in [4.69, 9.17) is 9.84 Å². The Balaban J connectivity index is 1.62. The van der Waals surface area contributed by atoms with Crippen LogP contribution in [0.1, 0.15) is 5.01 Å². The molecule has 0 saturated carbocycles. The summed E-state index contributed by atoms with van der Waals surface area (Å²) in [6.07, 6.45) is 3.10. The second kappa shape index (κ2) is 7.61. The van der Waals surface area contributed by atoms with Gasteiger partial charge in [-0.1, -0.05) is 41.7 Å². The first-order valence-electron chi connectivity index (χ1n) is 7.02. The second-order valence-corrected chi connectivity index (χ2v) is 5.60. The molecule has 3 rings (SSSR count). The topological polar surface area (TPSA) is 93.1 Å². The Bertz CT molecular complexity index is 750. The van der Waals surface area contributed by atoms with Crippen LogP contribution in [0.25, 0.3) is 10.6 Å². The summed E-state index contributed by atoms with van der Waals surface area (Å²) >= 11 is 1.53. The van der Waals surface area contributed by atoms with Crippen LogP contribution in [-0.2, 0) is 6.54 Å². The van der Waals surface area contributed by atoms with Crippen molar-refractivity contribution >= 4 is 17.2 Å². The van der Waals surface area contributed by atoms with Crippen molar-refractivity contribution in [3.63, 3.8) is 0 Å². The predicted octanol–water partition coefficient (Wildman–Crippen LogP) is 1.98. The molecule has 0 aliphatic rings. The minimum Gasteiger partial charge on any atom is -0.474 e. The van der Waals surface area contributed by atoms with E-state index in [1.54, 1.807) is 6.20 Å². The van der Waals surface area contributed by atoms with E-state index in [9.17, 15) is 0 Å². The largest absolute Gasteiger partial charge is 0.474 e. The van der Waals surface area contributed by atoms with Gasteiger partial charge in [-0.2, -0.15) is 4.98 Å². The maximum Gasteiger partial charge on any atom is 0.234 e. The normalized spacial score (nSPS) is 10.5. The maximum atomic E-state index is 8.74. The second-order valence-electron chi connectivity index (χ2n) is 4.54. The number of ether oxygens (including phenoxy) is 1. The number of benzene rings is 1. The number of nitrogens with one attached hydrogen (secondary N) is 1. The third-order valence-corrected chi connectivity index (χ3v) is 3.83. The Kier molecular flexibility index (Phi) is 5.07. The van der Waals surface area contributed by atoms with E-state index in [1.807, 2.05) is 30.3 Å². The van der Waals surface area contributed by atoms with Crippen molar-refractivity contribution in [1.82, 2.24) is 20.2 Å². The molecule has 118 valence electrons. The van der Waals surface area contributed by atoms with Crippen molar-refractivity contribution in [3.8, 4) is 16.5 Å². The van der Waals surface area contributed by atoms with Crippen molar-refractivity contribution in [3.05, 3.63) is 47.7 Å². The van der Waals surface area contributed by atoms with Gasteiger partial charge in [0.2, 0.25) is 5.88 Å². The molecule has 2 heterocycles. The summed E-state index contributed by atoms with van der Waals surface area (Å²) < 4.78 is 5.22. The van der Waals surface area contributed by atoms with Gasteiger partial charge in [-0.3, -0.25) is 4.98 Å². The van der Waals surface area contributed by atoms with Crippen LogP contribution < -0.4 is 10.1 Å². The Labute approximate surface area is 137 Å². The van der Waals surface area contributed by atoms with Crippen LogP contribution in [0.5, 0.6) is 5.88 Å². The van der Waals surface area contributed by atoms with Crippen LogP contribution in [-0.4, -0.2) is 38.5 Å². The molecule has 1 aromatic carbocycles. The van der Waals surface area contributed by atoms with Crippen LogP contribution in [0, 0.1) is 0 Å². The summed E-state index contributed by atoms with van der Waals surface area (Å²) in [5, 5.41) is 22.0. The molecule has 0 aliphatic carbocycles. The molecule has 0 saturated heterocycles. The summed E-state index contributed by atoms with van der Waals surface area (Å²) in [6, 6.07) is 9.93. The van der Waals surface area contributed by atoms with E-state index in [-0.39, 0.29) is 13.2 Å². The highest BCUT2D eigenvalue weighted by molar-refractivity contribution is 7.14. The molecule has 7 nitrogen and oxygen atoms in total. The molecule has 8 heteroatoms. The fraction of sp³-hybridized carbons (Fsp3) is 0.200. The lowest BCUT2D eigenvalue weighted by Crippen LogP contribution is -2.06. The van der Waals surface area contributed by atoms with E-state index in [0.717, 1.165) is 15.6 Å². The van der Waals surface area contributed by atoms with Crippen molar-refractivity contribution in [2.45, 2.75) is 6.54 Å². The molecule has 3 aromatic rings. The minimum atomic E-state index is -0.0631. The van der Waals surface area contributed by atoms with Crippen molar-refractivity contribution in [1.29, 1.82) is 0 Å². The van der Waals surface area contributed by atoms with Gasteiger partial charge in [0.05, 0.1) is 25.5 Å². The summed E-state index contributed by atoms with van der Waals surface area (Å²) in [7, 11) is 0. The monoisotopic (exact) mass is 329 g/mol. The van der Waals surface area contributed by atoms with Crippen molar-refractivity contribution in [2.24, 2.45) is 0 Å². The molecule has 2 aromatic heterocycles. The SMILES string of the molecule is OCCOc1cncc(NCc2nnc(-c3ccccc3)s2)n1. The summed E-state index contributed by atoms with van der Waals surface area (Å²) in [6.45, 7) is 0.629. The van der Waals surface area contributed by atoms with Crippen LogP contribution in [0.4, 0.5) is 5.82 Å². The minimum absolute atomic E-state index is 0.0631. The molecular weight excluding hydrogens is 314 g/mol. The lowest BCUT2D eigenvalue weighted by atomic mass is 10.2. The van der Waals surface area contributed by atoms with E-state index < -0.39 is 0 Å². The average Bonchev–Trinajstić information content (AvgIpc) is 3.08. The molecule has 0 spiro atoms. The maximum absolute atomic E-state index is 8.74. The molecule has 0 unspecified atom stereocenters. The molecule has 0 radical (unpaired) electrons. The van der Waals surface area contributed by atoms with E-state index in [1.165, 1.54) is 17.5 Å². The van der Waals surface area contributed by atoms with Gasteiger partial charge in [-0.15, -0.1) is 10.2 Å². The average molecular weight is 329 g/mol. The van der Waals surface area contributed by atoms with Gasteiger partial charge in [-0.25, -0.2) is 0 Å². The van der Waals surface area contributed by atoms with Gasteiger partial charge in [0.25, 0.3) is 0 Å². The molecule has 0 fully saturated rings. The predicted molar refractivity (Wildman–Crippen MR) is 87.3 cm³/mol. The summed E-state index contributed by atoms with van der Waals surface area (Å²) in [5.74, 6) is 0.947. The molecule has 2 N–H and O–H groups in total. The zero-order valence-corrected chi connectivity index (χ0v) is 13.0. The number of hydrogen-bond acceptors (Lipinski definition) is 8. The van der Waals surface area contributed by atoms with Crippen molar-refractivity contribution in [2.75, 3.05) is 18.5 Å². The number of rotatable bonds is 7. The van der Waals surface area contributed by atoms with E-state index >= 15 is 0 Å². The lowest BCUT2D eigenvalue weighted by molar-refractivity contribution is 0.196. The Hall–Kier alpha value is -2.58. The number of nitrogens with zero attached hydrogens (tertiary/aromatic N) is 4. The van der Waals surface area contributed by atoms with Crippen LogP contribution >= 0.6 is 11.3 Å². The van der Waals surface area contributed by atoms with Crippen LogP contribution in [0.3, 0.4) is 0 Å². The van der Waals surface area contributed by atoms with E-state index in [0.29, 0.717) is 18.2 Å². The summed E-state index contributed by atoms with van der Waals surface area (Å²) in [4.78, 5) is 8.28. The van der Waals surface area contributed by atoms with Gasteiger partial charge < -0.3 is 15.2 Å². The fourth-order valence-electron chi connectivity index (χ4n) is 1.84. The lowest BCUT2D eigenvalue weighted by Gasteiger charge is -2.05. The summed E-state index contributed by atoms with van der Waals surface area (Å²) in [5.41, 5.74) is 1.05. The van der Waals surface area contributed by atoms with Gasteiger partial charge in [0.15, 0.2) is 0 Å². The van der Waals surface area contributed by atoms with E-state index in [2.05, 4.69) is 25.5 Å². The van der Waals surface area contributed by atoms with Crippen molar-refractivity contribution < 1.29 is 9.84 Å². The van der Waals surface area contributed by atoms with Gasteiger partial charge in [0, 0.05) is 5.56 Å². The van der Waals surface area contributed by atoms with Gasteiger partial charge >= 0.3 is 0 Å². The first-order valence-corrected chi connectivity index (χ1v) is 7.84. The molecule has 0 bridgehead atoms. The number of aromatic nitrogens is 4. The standard InChI is InChI=1S/C15H15N5O2S/c21-6-7-22-13-9-16-8-12(18-13)17-10-14-19-20-15(23-14)11-4-2-1-3-5-11/h1-5,8-9,21H,6-7,10H2,(H,17,18). The number of hydrogen-bond donors (Lipinski definition) is 2. The van der Waals surface area contributed by atoms with Gasteiger partial charge in [0.1, 0.15) is 22.4 Å². The van der Waals surface area contributed by atoms with Crippen LogP contribution in [0.15, 0.2) is 42.7 Å². The third-order valence-electron chi connectivity index (χ3n) is 2.86. The highest BCUT2D eigenvalue weighted by Crippen LogP contribution is 2.23. The first kappa shape index (κ1) is 15.3. The van der Waals surface area contributed by atoms with Crippen LogP contribution in [0.2, 0.25) is 0 Å². The Morgan fingerprint density at radius 3 is 2.83 bits per heavy atom. The number of anilines is 1. The quantitative estimate of drug-likeness (QED) is 0.684. The first-order chi connectivity index (χ1) is 11.3. The molecule has 0 aliphatic heterocycles. The molecular formula is C15H15N5O2S. The third kappa shape index (κ3) is 4.21. The molecule has 23 heavy (non-hydrogen) atoms.